The summed E-state index contributed by atoms with van der Waals surface area (Å²) in [6, 6.07) is 9.81. The van der Waals surface area contributed by atoms with Gasteiger partial charge in [-0.15, -0.1) is 0 Å². The highest BCUT2D eigenvalue weighted by molar-refractivity contribution is 9.10. The quantitative estimate of drug-likeness (QED) is 0.785. The molecule has 3 N–H and O–H groups in total. The Balaban J connectivity index is 2.31. The van der Waals surface area contributed by atoms with E-state index in [2.05, 4.69) is 21.2 Å². The molecule has 0 aromatic heterocycles. The maximum absolute atomic E-state index is 13.7. The van der Waals surface area contributed by atoms with Gasteiger partial charge in [0, 0.05) is 10.0 Å². The molecular weight excluding hydrogens is 351 g/mol. The number of halogens is 3. The van der Waals surface area contributed by atoms with Gasteiger partial charge in [0.2, 0.25) is 0 Å². The predicted molar refractivity (Wildman–Crippen MR) is 84.7 cm³/mol. The monoisotopic (exact) mass is 358 g/mol. The van der Waals surface area contributed by atoms with Gasteiger partial charge < -0.3 is 11.1 Å². The van der Waals surface area contributed by atoms with Gasteiger partial charge in [0.15, 0.2) is 0 Å². The van der Waals surface area contributed by atoms with Crippen molar-refractivity contribution in [2.24, 2.45) is 5.73 Å². The summed E-state index contributed by atoms with van der Waals surface area (Å²) in [6.07, 6.45) is 0. The molecule has 6 heteroatoms. The second-order valence-electron chi connectivity index (χ2n) is 3.81. The van der Waals surface area contributed by atoms with E-state index in [0.717, 1.165) is 0 Å². The Hall–Kier alpha value is -1.17. The molecule has 19 heavy (non-hydrogen) atoms. The SMILES string of the molecule is NC(=S)c1ccc(Nc2ccc(Br)cc2F)c(Cl)c1. The molecule has 0 saturated carbocycles. The van der Waals surface area contributed by atoms with E-state index in [1.807, 2.05) is 0 Å². The molecule has 2 nitrogen and oxygen atoms in total. The third kappa shape index (κ3) is 3.43. The highest BCUT2D eigenvalue weighted by Crippen LogP contribution is 2.28. The second-order valence-corrected chi connectivity index (χ2v) is 5.57. The Morgan fingerprint density at radius 2 is 1.89 bits per heavy atom. The molecule has 0 radical (unpaired) electrons. The molecule has 0 bridgehead atoms. The molecule has 0 aliphatic carbocycles. The van der Waals surface area contributed by atoms with Gasteiger partial charge in [0.25, 0.3) is 0 Å². The van der Waals surface area contributed by atoms with Crippen molar-refractivity contribution in [2.45, 2.75) is 0 Å². The van der Waals surface area contributed by atoms with E-state index in [1.165, 1.54) is 6.07 Å². The van der Waals surface area contributed by atoms with Crippen LogP contribution in [-0.4, -0.2) is 4.99 Å². The van der Waals surface area contributed by atoms with Crippen LogP contribution in [0.4, 0.5) is 15.8 Å². The van der Waals surface area contributed by atoms with E-state index < -0.39 is 0 Å². The van der Waals surface area contributed by atoms with Crippen LogP contribution in [0.1, 0.15) is 5.56 Å². The van der Waals surface area contributed by atoms with Crippen molar-refractivity contribution >= 4 is 56.1 Å². The highest BCUT2D eigenvalue weighted by Gasteiger charge is 2.07. The van der Waals surface area contributed by atoms with Gasteiger partial charge in [-0.05, 0) is 36.4 Å². The zero-order valence-corrected chi connectivity index (χ0v) is 12.7. The zero-order chi connectivity index (χ0) is 14.0. The topological polar surface area (TPSA) is 38.0 Å². The summed E-state index contributed by atoms with van der Waals surface area (Å²) in [7, 11) is 0. The van der Waals surface area contributed by atoms with Crippen LogP contribution in [0.15, 0.2) is 40.9 Å². The Bertz CT molecular complexity index is 649. The first-order valence-electron chi connectivity index (χ1n) is 5.29. The molecule has 0 atom stereocenters. The lowest BCUT2D eigenvalue weighted by molar-refractivity contribution is 0.631. The molecule has 0 spiro atoms. The average Bonchev–Trinajstić information content (AvgIpc) is 2.34. The molecule has 0 aliphatic rings. The van der Waals surface area contributed by atoms with Gasteiger partial charge in [-0.1, -0.05) is 39.7 Å². The summed E-state index contributed by atoms with van der Waals surface area (Å²) >= 11 is 14.2. The molecule has 0 amide bonds. The smallest absolute Gasteiger partial charge is 0.147 e. The van der Waals surface area contributed by atoms with E-state index in [4.69, 9.17) is 29.6 Å². The summed E-state index contributed by atoms with van der Waals surface area (Å²) in [4.78, 5) is 0.267. The van der Waals surface area contributed by atoms with Gasteiger partial charge in [-0.25, -0.2) is 4.39 Å². The van der Waals surface area contributed by atoms with Crippen molar-refractivity contribution in [2.75, 3.05) is 5.32 Å². The van der Waals surface area contributed by atoms with E-state index in [0.29, 0.717) is 26.4 Å². The van der Waals surface area contributed by atoms with Crippen LogP contribution in [0.25, 0.3) is 0 Å². The predicted octanol–water partition coefficient (Wildman–Crippen LogP) is 4.62. The van der Waals surface area contributed by atoms with Gasteiger partial charge in [-0.2, -0.15) is 0 Å². The normalized spacial score (nSPS) is 10.3. The van der Waals surface area contributed by atoms with E-state index in [1.54, 1.807) is 30.3 Å². The van der Waals surface area contributed by atoms with E-state index in [-0.39, 0.29) is 10.8 Å². The van der Waals surface area contributed by atoms with Crippen LogP contribution >= 0.6 is 39.7 Å². The number of nitrogens with one attached hydrogen (secondary N) is 1. The summed E-state index contributed by atoms with van der Waals surface area (Å²) in [5.41, 5.74) is 7.11. The Labute approximate surface area is 128 Å². The Kier molecular flexibility index (Phi) is 4.39. The molecule has 0 fully saturated rings. The van der Waals surface area contributed by atoms with Crippen LogP contribution < -0.4 is 11.1 Å². The third-order valence-electron chi connectivity index (χ3n) is 2.45. The van der Waals surface area contributed by atoms with Crippen molar-refractivity contribution in [3.05, 3.63) is 57.3 Å². The number of thiocarbonyl (C=S) groups is 1. The van der Waals surface area contributed by atoms with Crippen molar-refractivity contribution in [3.8, 4) is 0 Å². The first kappa shape index (κ1) is 14.2. The minimum Gasteiger partial charge on any atom is -0.389 e. The summed E-state index contributed by atoms with van der Waals surface area (Å²) < 4.78 is 14.4. The van der Waals surface area contributed by atoms with Crippen molar-refractivity contribution in [1.29, 1.82) is 0 Å². The number of nitrogens with two attached hydrogens (primary N) is 1. The lowest BCUT2D eigenvalue weighted by atomic mass is 10.2. The molecular formula is C13H9BrClFN2S. The fraction of sp³-hybridized carbons (Fsp3) is 0. The molecule has 2 aromatic carbocycles. The van der Waals surface area contributed by atoms with Gasteiger partial charge in [0.1, 0.15) is 10.8 Å². The largest absolute Gasteiger partial charge is 0.389 e. The lowest BCUT2D eigenvalue weighted by Gasteiger charge is -2.10. The highest BCUT2D eigenvalue weighted by atomic mass is 79.9. The van der Waals surface area contributed by atoms with Crippen LogP contribution in [0.5, 0.6) is 0 Å². The molecule has 0 aliphatic heterocycles. The molecule has 2 aromatic rings. The second kappa shape index (κ2) is 5.86. The molecule has 98 valence electrons. The fourth-order valence-corrected chi connectivity index (χ4v) is 2.19. The minimum absolute atomic E-state index is 0.267. The van der Waals surface area contributed by atoms with E-state index >= 15 is 0 Å². The van der Waals surface area contributed by atoms with Gasteiger partial charge in [-0.3, -0.25) is 0 Å². The number of anilines is 2. The van der Waals surface area contributed by atoms with E-state index in [9.17, 15) is 4.39 Å². The first-order valence-corrected chi connectivity index (χ1v) is 6.87. The third-order valence-corrected chi connectivity index (χ3v) is 3.50. The molecule has 2 rings (SSSR count). The van der Waals surface area contributed by atoms with Crippen molar-refractivity contribution in [3.63, 3.8) is 0 Å². The van der Waals surface area contributed by atoms with Crippen molar-refractivity contribution < 1.29 is 4.39 Å². The maximum atomic E-state index is 13.7. The number of rotatable bonds is 3. The van der Waals surface area contributed by atoms with Gasteiger partial charge >= 0.3 is 0 Å². The maximum Gasteiger partial charge on any atom is 0.147 e. The van der Waals surface area contributed by atoms with Crippen LogP contribution in [0.2, 0.25) is 5.02 Å². The Morgan fingerprint density at radius 3 is 2.47 bits per heavy atom. The summed E-state index contributed by atoms with van der Waals surface area (Å²) in [5, 5.41) is 3.35. The summed E-state index contributed by atoms with van der Waals surface area (Å²) in [5.74, 6) is -0.371. The number of hydrogen-bond acceptors (Lipinski definition) is 2. The average molecular weight is 360 g/mol. The molecule has 0 unspecified atom stereocenters. The van der Waals surface area contributed by atoms with Crippen LogP contribution in [0.3, 0.4) is 0 Å². The van der Waals surface area contributed by atoms with Crippen LogP contribution in [0, 0.1) is 5.82 Å². The Morgan fingerprint density at radius 1 is 1.21 bits per heavy atom. The number of hydrogen-bond donors (Lipinski definition) is 2. The zero-order valence-electron chi connectivity index (χ0n) is 9.58. The van der Waals surface area contributed by atoms with Crippen molar-refractivity contribution in [1.82, 2.24) is 0 Å². The lowest BCUT2D eigenvalue weighted by Crippen LogP contribution is -2.09. The molecule has 0 heterocycles. The summed E-state index contributed by atoms with van der Waals surface area (Å²) in [6.45, 7) is 0. The standard InChI is InChI=1S/C13H9BrClFN2S/c14-8-2-4-12(10(16)6-8)18-11-3-1-7(13(17)19)5-9(11)15/h1-6,18H,(H2,17,19). The van der Waals surface area contributed by atoms with Gasteiger partial charge in [0.05, 0.1) is 16.4 Å². The first-order chi connectivity index (χ1) is 8.97. The van der Waals surface area contributed by atoms with Crippen LogP contribution in [-0.2, 0) is 0 Å². The number of benzene rings is 2. The minimum atomic E-state index is -0.371. The fourth-order valence-electron chi connectivity index (χ4n) is 1.51. The molecule has 0 saturated heterocycles.